The SMILES string of the molecule is CCC(CC)(NC(=O)c1cnn2c1NC(c1ccccc1)CC2(C)C)c1ccc(C)c(Cl)c1. The Morgan fingerprint density at radius 3 is 2.55 bits per heavy atom. The lowest BCUT2D eigenvalue weighted by atomic mass is 9.84. The van der Waals surface area contributed by atoms with Gasteiger partial charge in [0, 0.05) is 5.02 Å². The monoisotopic (exact) mass is 464 g/mol. The van der Waals surface area contributed by atoms with E-state index in [1.165, 1.54) is 5.56 Å². The van der Waals surface area contributed by atoms with Crippen LogP contribution in [0.2, 0.25) is 5.02 Å². The second kappa shape index (κ2) is 8.86. The molecule has 0 aliphatic carbocycles. The summed E-state index contributed by atoms with van der Waals surface area (Å²) in [4.78, 5) is 13.7. The van der Waals surface area contributed by atoms with Crippen LogP contribution >= 0.6 is 11.6 Å². The molecule has 174 valence electrons. The quantitative estimate of drug-likeness (QED) is 0.433. The number of nitrogens with zero attached hydrogens (tertiary/aromatic N) is 2. The number of benzene rings is 2. The molecule has 1 aliphatic rings. The molecule has 0 bridgehead atoms. The maximum Gasteiger partial charge on any atom is 0.257 e. The van der Waals surface area contributed by atoms with E-state index >= 15 is 0 Å². The summed E-state index contributed by atoms with van der Waals surface area (Å²) in [7, 11) is 0. The summed E-state index contributed by atoms with van der Waals surface area (Å²) < 4.78 is 1.95. The third-order valence-electron chi connectivity index (χ3n) is 7.09. The van der Waals surface area contributed by atoms with Gasteiger partial charge in [0.25, 0.3) is 5.91 Å². The van der Waals surface area contributed by atoms with Gasteiger partial charge in [-0.2, -0.15) is 5.10 Å². The van der Waals surface area contributed by atoms with Crippen LogP contribution in [0.1, 0.15) is 80.0 Å². The number of nitrogens with one attached hydrogen (secondary N) is 2. The first-order chi connectivity index (χ1) is 15.7. The average molecular weight is 465 g/mol. The summed E-state index contributed by atoms with van der Waals surface area (Å²) in [6.07, 6.45) is 4.07. The van der Waals surface area contributed by atoms with Crippen molar-refractivity contribution >= 4 is 23.3 Å². The molecule has 1 amide bonds. The fourth-order valence-corrected chi connectivity index (χ4v) is 5.06. The number of carbonyl (C=O) groups is 1. The summed E-state index contributed by atoms with van der Waals surface area (Å²) in [6, 6.07) is 16.5. The van der Waals surface area contributed by atoms with Gasteiger partial charge in [-0.15, -0.1) is 0 Å². The number of anilines is 1. The van der Waals surface area contributed by atoms with E-state index in [9.17, 15) is 4.79 Å². The van der Waals surface area contributed by atoms with Crippen LogP contribution in [0.25, 0.3) is 0 Å². The molecule has 2 heterocycles. The number of aromatic nitrogens is 2. The Hall–Kier alpha value is -2.79. The number of carbonyl (C=O) groups excluding carboxylic acids is 1. The molecule has 1 unspecified atom stereocenters. The van der Waals surface area contributed by atoms with Crippen LogP contribution in [0.5, 0.6) is 0 Å². The molecule has 1 atom stereocenters. The molecule has 0 saturated heterocycles. The molecule has 0 spiro atoms. The normalized spacial score (nSPS) is 17.2. The first-order valence-corrected chi connectivity index (χ1v) is 12.1. The molecule has 2 N–H and O–H groups in total. The van der Waals surface area contributed by atoms with Crippen molar-refractivity contribution in [3.8, 4) is 0 Å². The third-order valence-corrected chi connectivity index (χ3v) is 7.50. The first-order valence-electron chi connectivity index (χ1n) is 11.7. The highest BCUT2D eigenvalue weighted by Gasteiger charge is 2.38. The Morgan fingerprint density at radius 2 is 1.91 bits per heavy atom. The van der Waals surface area contributed by atoms with Crippen LogP contribution in [0, 0.1) is 6.92 Å². The van der Waals surface area contributed by atoms with E-state index in [4.69, 9.17) is 11.6 Å². The van der Waals surface area contributed by atoms with Crippen molar-refractivity contribution in [2.24, 2.45) is 0 Å². The van der Waals surface area contributed by atoms with Gasteiger partial charge in [0.1, 0.15) is 11.4 Å². The Balaban J connectivity index is 1.68. The van der Waals surface area contributed by atoms with Crippen LogP contribution in [0.4, 0.5) is 5.82 Å². The van der Waals surface area contributed by atoms with Gasteiger partial charge >= 0.3 is 0 Å². The van der Waals surface area contributed by atoms with Crippen molar-refractivity contribution in [2.45, 2.75) is 71.0 Å². The van der Waals surface area contributed by atoms with Gasteiger partial charge in [0.05, 0.1) is 23.3 Å². The maximum absolute atomic E-state index is 13.7. The van der Waals surface area contributed by atoms with Crippen molar-refractivity contribution in [3.05, 3.63) is 82.0 Å². The van der Waals surface area contributed by atoms with Crippen molar-refractivity contribution in [1.82, 2.24) is 15.1 Å². The van der Waals surface area contributed by atoms with E-state index < -0.39 is 5.54 Å². The highest BCUT2D eigenvalue weighted by molar-refractivity contribution is 6.31. The van der Waals surface area contributed by atoms with E-state index in [0.29, 0.717) is 10.6 Å². The van der Waals surface area contributed by atoms with Gasteiger partial charge < -0.3 is 10.6 Å². The van der Waals surface area contributed by atoms with Gasteiger partial charge in [0.2, 0.25) is 0 Å². The highest BCUT2D eigenvalue weighted by Crippen LogP contribution is 2.40. The maximum atomic E-state index is 13.7. The summed E-state index contributed by atoms with van der Waals surface area (Å²) >= 11 is 6.43. The van der Waals surface area contributed by atoms with E-state index in [0.717, 1.165) is 36.2 Å². The fourth-order valence-electron chi connectivity index (χ4n) is 4.88. The average Bonchev–Trinajstić information content (AvgIpc) is 3.25. The summed E-state index contributed by atoms with van der Waals surface area (Å²) in [5, 5.41) is 12.3. The number of fused-ring (bicyclic) bond motifs is 1. The molecule has 0 fully saturated rings. The number of rotatable bonds is 6. The fraction of sp³-hybridized carbons (Fsp3) is 0.407. The molecule has 4 rings (SSSR count). The Kier molecular flexibility index (Phi) is 6.28. The summed E-state index contributed by atoms with van der Waals surface area (Å²) in [5.74, 6) is 0.634. The van der Waals surface area contributed by atoms with Gasteiger partial charge in [-0.05, 0) is 62.8 Å². The topological polar surface area (TPSA) is 59.0 Å². The minimum absolute atomic E-state index is 0.106. The number of halogens is 1. The zero-order valence-electron chi connectivity index (χ0n) is 20.1. The molecule has 33 heavy (non-hydrogen) atoms. The second-order valence-electron chi connectivity index (χ2n) is 9.65. The smallest absolute Gasteiger partial charge is 0.257 e. The lowest BCUT2D eigenvalue weighted by molar-refractivity contribution is 0.0890. The van der Waals surface area contributed by atoms with Gasteiger partial charge in [-0.3, -0.25) is 4.79 Å². The Bertz CT molecular complexity index is 1150. The summed E-state index contributed by atoms with van der Waals surface area (Å²) in [6.45, 7) is 10.5. The minimum atomic E-state index is -0.508. The van der Waals surface area contributed by atoms with E-state index in [1.54, 1.807) is 6.20 Å². The molecule has 0 radical (unpaired) electrons. The Labute approximate surface area is 201 Å². The molecular weight excluding hydrogens is 432 g/mol. The zero-order chi connectivity index (χ0) is 23.8. The first kappa shape index (κ1) is 23.4. The van der Waals surface area contributed by atoms with Crippen LogP contribution in [-0.2, 0) is 11.1 Å². The zero-order valence-corrected chi connectivity index (χ0v) is 20.8. The van der Waals surface area contributed by atoms with Gasteiger partial charge in [-0.25, -0.2) is 4.68 Å². The van der Waals surface area contributed by atoms with Gasteiger partial charge in [0.15, 0.2) is 0 Å². The molecular formula is C27H33ClN4O. The lowest BCUT2D eigenvalue weighted by Gasteiger charge is -2.38. The van der Waals surface area contributed by atoms with Crippen molar-refractivity contribution < 1.29 is 4.79 Å². The summed E-state index contributed by atoms with van der Waals surface area (Å²) in [5.41, 5.74) is 3.08. The standard InChI is InChI=1S/C27H33ClN4O/c1-6-27(7-2,20-14-13-18(3)22(28)15-20)31-25(33)21-17-29-32-24(21)30-23(16-26(32,4)5)19-11-9-8-10-12-19/h8-15,17,23,30H,6-7,16H2,1-5H3,(H,31,33). The van der Waals surface area contributed by atoms with Crippen molar-refractivity contribution in [1.29, 1.82) is 0 Å². The predicted octanol–water partition coefficient (Wildman–Crippen LogP) is 6.58. The van der Waals surface area contributed by atoms with Crippen molar-refractivity contribution in [3.63, 3.8) is 0 Å². The van der Waals surface area contributed by atoms with Crippen LogP contribution in [0.15, 0.2) is 54.7 Å². The molecule has 3 aromatic rings. The van der Waals surface area contributed by atoms with E-state index in [2.05, 4.69) is 61.6 Å². The van der Waals surface area contributed by atoms with Crippen LogP contribution in [-0.4, -0.2) is 15.7 Å². The molecule has 1 aliphatic heterocycles. The van der Waals surface area contributed by atoms with Gasteiger partial charge in [-0.1, -0.05) is 67.9 Å². The number of hydrogen-bond acceptors (Lipinski definition) is 3. The molecule has 5 nitrogen and oxygen atoms in total. The predicted molar refractivity (Wildman–Crippen MR) is 135 cm³/mol. The Morgan fingerprint density at radius 1 is 1.21 bits per heavy atom. The number of hydrogen-bond donors (Lipinski definition) is 2. The number of aryl methyl sites for hydroxylation is 1. The third kappa shape index (κ3) is 4.26. The molecule has 6 heteroatoms. The number of amides is 1. The van der Waals surface area contributed by atoms with E-state index in [1.807, 2.05) is 41.9 Å². The molecule has 0 saturated carbocycles. The van der Waals surface area contributed by atoms with Crippen LogP contribution < -0.4 is 10.6 Å². The lowest BCUT2D eigenvalue weighted by Crippen LogP contribution is -2.45. The molecule has 2 aromatic carbocycles. The second-order valence-corrected chi connectivity index (χ2v) is 10.1. The van der Waals surface area contributed by atoms with E-state index in [-0.39, 0.29) is 17.5 Å². The van der Waals surface area contributed by atoms with Crippen molar-refractivity contribution in [2.75, 3.05) is 5.32 Å². The molecule has 1 aromatic heterocycles. The highest BCUT2D eigenvalue weighted by atomic mass is 35.5. The minimum Gasteiger partial charge on any atom is -0.363 e. The largest absolute Gasteiger partial charge is 0.363 e. The van der Waals surface area contributed by atoms with Crippen LogP contribution in [0.3, 0.4) is 0 Å².